The Bertz CT molecular complexity index is 812. The summed E-state index contributed by atoms with van der Waals surface area (Å²) in [4.78, 5) is 12.2. The first-order valence-electron chi connectivity index (χ1n) is 7.87. The lowest BCUT2D eigenvalue weighted by Crippen LogP contribution is -2.28. The van der Waals surface area contributed by atoms with E-state index < -0.39 is 6.10 Å². The Hall–Kier alpha value is -3.12. The highest BCUT2D eigenvalue weighted by molar-refractivity contribution is 5.94. The van der Waals surface area contributed by atoms with Crippen LogP contribution in [-0.4, -0.2) is 34.4 Å². The molecule has 0 aliphatic heterocycles. The number of methoxy groups -OCH3 is 1. The first-order valence-corrected chi connectivity index (χ1v) is 7.87. The summed E-state index contributed by atoms with van der Waals surface area (Å²) in [6.45, 7) is 0.131. The van der Waals surface area contributed by atoms with Gasteiger partial charge in [0.25, 0.3) is 5.91 Å². The Balaban J connectivity index is 1.58. The van der Waals surface area contributed by atoms with Gasteiger partial charge in [-0.1, -0.05) is 12.1 Å². The molecule has 1 atom stereocenters. The second kappa shape index (κ2) is 7.63. The Kier molecular flexibility index (Phi) is 5.11. The molecule has 128 valence electrons. The van der Waals surface area contributed by atoms with Crippen molar-refractivity contribution < 1.29 is 14.6 Å². The Labute approximate surface area is 145 Å². The van der Waals surface area contributed by atoms with Crippen LogP contribution in [0.4, 0.5) is 0 Å². The molecule has 0 saturated carbocycles. The van der Waals surface area contributed by atoms with Crippen molar-refractivity contribution >= 4 is 5.91 Å². The molecule has 0 aliphatic carbocycles. The van der Waals surface area contributed by atoms with Crippen LogP contribution in [0.5, 0.6) is 5.75 Å². The van der Waals surface area contributed by atoms with E-state index >= 15 is 0 Å². The molecule has 0 saturated heterocycles. The molecule has 2 aromatic carbocycles. The fourth-order valence-corrected chi connectivity index (χ4v) is 2.42. The molecule has 1 aromatic heterocycles. The maximum atomic E-state index is 12.2. The van der Waals surface area contributed by atoms with Gasteiger partial charge in [-0.2, -0.15) is 5.10 Å². The SMILES string of the molecule is COc1ccc(C(O)CNC(=O)c2ccc(-n3cccn3)cc2)cc1. The predicted octanol–water partition coefficient (Wildman–Crippen LogP) is 2.34. The van der Waals surface area contributed by atoms with Crippen molar-refractivity contribution in [3.63, 3.8) is 0 Å². The van der Waals surface area contributed by atoms with Crippen LogP contribution in [0, 0.1) is 0 Å². The summed E-state index contributed by atoms with van der Waals surface area (Å²) in [5, 5.41) is 17.1. The van der Waals surface area contributed by atoms with E-state index in [0.717, 1.165) is 17.0 Å². The normalized spacial score (nSPS) is 11.8. The molecule has 1 amide bonds. The third kappa shape index (κ3) is 4.05. The third-order valence-corrected chi connectivity index (χ3v) is 3.85. The molecule has 25 heavy (non-hydrogen) atoms. The second-order valence-electron chi connectivity index (χ2n) is 5.50. The average Bonchev–Trinajstić information content (AvgIpc) is 3.21. The van der Waals surface area contributed by atoms with Crippen molar-refractivity contribution in [2.24, 2.45) is 0 Å². The van der Waals surface area contributed by atoms with Crippen molar-refractivity contribution in [1.29, 1.82) is 0 Å². The van der Waals surface area contributed by atoms with E-state index in [1.165, 1.54) is 0 Å². The van der Waals surface area contributed by atoms with E-state index in [4.69, 9.17) is 4.74 Å². The summed E-state index contributed by atoms with van der Waals surface area (Å²) < 4.78 is 6.80. The number of carbonyl (C=O) groups is 1. The van der Waals surface area contributed by atoms with E-state index in [-0.39, 0.29) is 12.5 Å². The Morgan fingerprint density at radius 3 is 2.52 bits per heavy atom. The number of ether oxygens (including phenoxy) is 1. The van der Waals surface area contributed by atoms with Gasteiger partial charge >= 0.3 is 0 Å². The molecule has 6 heteroatoms. The van der Waals surface area contributed by atoms with Crippen LogP contribution in [0.15, 0.2) is 67.0 Å². The van der Waals surface area contributed by atoms with Gasteiger partial charge in [0.15, 0.2) is 0 Å². The van der Waals surface area contributed by atoms with Gasteiger partial charge in [0.1, 0.15) is 5.75 Å². The fourth-order valence-electron chi connectivity index (χ4n) is 2.42. The summed E-state index contributed by atoms with van der Waals surface area (Å²) in [5.74, 6) is 0.483. The van der Waals surface area contributed by atoms with Gasteiger partial charge < -0.3 is 15.2 Å². The molecule has 1 heterocycles. The quantitative estimate of drug-likeness (QED) is 0.724. The summed E-state index contributed by atoms with van der Waals surface area (Å²) in [7, 11) is 1.59. The molecule has 1 unspecified atom stereocenters. The van der Waals surface area contributed by atoms with Crippen molar-refractivity contribution in [2.75, 3.05) is 13.7 Å². The van der Waals surface area contributed by atoms with Gasteiger partial charge in [-0.3, -0.25) is 4.79 Å². The van der Waals surface area contributed by atoms with Crippen molar-refractivity contribution in [3.05, 3.63) is 78.1 Å². The van der Waals surface area contributed by atoms with E-state index in [2.05, 4.69) is 10.4 Å². The predicted molar refractivity (Wildman–Crippen MR) is 93.9 cm³/mol. The van der Waals surface area contributed by atoms with Crippen LogP contribution in [-0.2, 0) is 0 Å². The van der Waals surface area contributed by atoms with Crippen LogP contribution < -0.4 is 10.1 Å². The van der Waals surface area contributed by atoms with E-state index in [1.807, 2.05) is 24.4 Å². The first kappa shape index (κ1) is 16.7. The zero-order valence-electron chi connectivity index (χ0n) is 13.8. The number of nitrogens with one attached hydrogen (secondary N) is 1. The van der Waals surface area contributed by atoms with Crippen LogP contribution in [0.2, 0.25) is 0 Å². The van der Waals surface area contributed by atoms with Crippen LogP contribution in [0.1, 0.15) is 22.0 Å². The summed E-state index contributed by atoms with van der Waals surface area (Å²) >= 11 is 0. The highest BCUT2D eigenvalue weighted by Gasteiger charge is 2.11. The molecule has 0 fully saturated rings. The van der Waals surface area contributed by atoms with Crippen molar-refractivity contribution in [2.45, 2.75) is 6.10 Å². The molecule has 0 bridgehead atoms. The maximum Gasteiger partial charge on any atom is 0.251 e. The minimum absolute atomic E-state index is 0.131. The van der Waals surface area contributed by atoms with Gasteiger partial charge in [0, 0.05) is 24.5 Å². The number of hydrogen-bond donors (Lipinski definition) is 2. The Morgan fingerprint density at radius 2 is 1.92 bits per heavy atom. The minimum Gasteiger partial charge on any atom is -0.497 e. The number of carbonyl (C=O) groups excluding carboxylic acids is 1. The van der Waals surface area contributed by atoms with Gasteiger partial charge in [-0.05, 0) is 48.0 Å². The van der Waals surface area contributed by atoms with Gasteiger partial charge in [0.05, 0.1) is 18.9 Å². The highest BCUT2D eigenvalue weighted by Crippen LogP contribution is 2.17. The van der Waals surface area contributed by atoms with E-state index in [9.17, 15) is 9.90 Å². The number of hydrogen-bond acceptors (Lipinski definition) is 4. The third-order valence-electron chi connectivity index (χ3n) is 3.85. The largest absolute Gasteiger partial charge is 0.497 e. The molecule has 3 rings (SSSR count). The number of nitrogens with zero attached hydrogens (tertiary/aromatic N) is 2. The molecule has 0 spiro atoms. The van der Waals surface area contributed by atoms with Gasteiger partial charge in [-0.15, -0.1) is 0 Å². The van der Waals surface area contributed by atoms with Gasteiger partial charge in [0.2, 0.25) is 0 Å². The molecule has 3 aromatic rings. The number of amides is 1. The minimum atomic E-state index is -0.779. The molecular weight excluding hydrogens is 318 g/mol. The number of aliphatic hydroxyl groups excluding tert-OH is 1. The molecule has 6 nitrogen and oxygen atoms in total. The lowest BCUT2D eigenvalue weighted by molar-refractivity contribution is 0.0916. The summed E-state index contributed by atoms with van der Waals surface area (Å²) in [6, 6.07) is 16.0. The van der Waals surface area contributed by atoms with Crippen LogP contribution >= 0.6 is 0 Å². The number of aromatic nitrogens is 2. The van der Waals surface area contributed by atoms with Crippen molar-refractivity contribution in [1.82, 2.24) is 15.1 Å². The number of aliphatic hydroxyl groups is 1. The van der Waals surface area contributed by atoms with E-state index in [1.54, 1.807) is 54.4 Å². The highest BCUT2D eigenvalue weighted by atomic mass is 16.5. The lowest BCUT2D eigenvalue weighted by atomic mass is 10.1. The monoisotopic (exact) mass is 337 g/mol. The molecule has 0 aliphatic rings. The zero-order valence-corrected chi connectivity index (χ0v) is 13.8. The standard InChI is InChI=1S/C19H19N3O3/c1-25-17-9-5-14(6-10-17)18(23)13-20-19(24)15-3-7-16(8-4-15)22-12-2-11-21-22/h2-12,18,23H,13H2,1H3,(H,20,24). The molecular formula is C19H19N3O3. The number of rotatable bonds is 6. The summed E-state index contributed by atoms with van der Waals surface area (Å²) in [5.41, 5.74) is 2.12. The smallest absolute Gasteiger partial charge is 0.251 e. The summed E-state index contributed by atoms with van der Waals surface area (Å²) in [6.07, 6.45) is 2.75. The first-order chi connectivity index (χ1) is 12.2. The lowest BCUT2D eigenvalue weighted by Gasteiger charge is -2.13. The second-order valence-corrected chi connectivity index (χ2v) is 5.50. The number of benzene rings is 2. The van der Waals surface area contributed by atoms with Crippen LogP contribution in [0.25, 0.3) is 5.69 Å². The van der Waals surface area contributed by atoms with Crippen LogP contribution in [0.3, 0.4) is 0 Å². The zero-order chi connectivity index (χ0) is 17.6. The maximum absolute atomic E-state index is 12.2. The molecule has 0 radical (unpaired) electrons. The average molecular weight is 337 g/mol. The van der Waals surface area contributed by atoms with Crippen molar-refractivity contribution in [3.8, 4) is 11.4 Å². The van der Waals surface area contributed by atoms with Gasteiger partial charge in [-0.25, -0.2) is 4.68 Å². The van der Waals surface area contributed by atoms with E-state index in [0.29, 0.717) is 5.56 Å². The molecule has 2 N–H and O–H groups in total. The fraction of sp³-hybridized carbons (Fsp3) is 0.158. The topological polar surface area (TPSA) is 76.4 Å². The Morgan fingerprint density at radius 1 is 1.20 bits per heavy atom.